The van der Waals surface area contributed by atoms with E-state index in [1.165, 1.54) is 6.07 Å². The number of rotatable bonds is 3. The molecule has 0 bridgehead atoms. The zero-order valence-electron chi connectivity index (χ0n) is 10.3. The maximum atomic E-state index is 13.0. The maximum absolute atomic E-state index is 13.0. The van der Waals surface area contributed by atoms with Crippen molar-refractivity contribution in [2.45, 2.75) is 18.8 Å². The lowest BCUT2D eigenvalue weighted by Gasteiger charge is -2.11. The van der Waals surface area contributed by atoms with Gasteiger partial charge in [0.25, 0.3) is 0 Å². The average Bonchev–Trinajstić information content (AvgIpc) is 3.23. The molecule has 0 atom stereocenters. The summed E-state index contributed by atoms with van der Waals surface area (Å²) in [6.07, 6.45) is 3.01. The highest BCUT2D eigenvalue weighted by Crippen LogP contribution is 2.46. The average molecular weight is 256 g/mol. The van der Waals surface area contributed by atoms with E-state index in [4.69, 9.17) is 0 Å². The topological polar surface area (TPSA) is 37.3 Å². The molecule has 0 aliphatic heterocycles. The molecular weight excluding hydrogens is 243 g/mol. The molecule has 3 rings (SSSR count). The van der Waals surface area contributed by atoms with Crippen molar-refractivity contribution >= 4 is 6.29 Å². The van der Waals surface area contributed by atoms with E-state index in [1.807, 2.05) is 12.1 Å². The fourth-order valence-corrected chi connectivity index (χ4v) is 2.36. The predicted octanol–water partition coefficient (Wildman–Crippen LogP) is 3.89. The van der Waals surface area contributed by atoms with Gasteiger partial charge in [-0.2, -0.15) is 0 Å². The van der Waals surface area contributed by atoms with Crippen molar-refractivity contribution in [1.82, 2.24) is 0 Å². The number of hydrogen-bond acceptors (Lipinski definition) is 2. The van der Waals surface area contributed by atoms with Crippen LogP contribution in [0.1, 0.15) is 34.7 Å². The van der Waals surface area contributed by atoms with Gasteiger partial charge in [-0.1, -0.05) is 12.1 Å². The van der Waals surface area contributed by atoms with E-state index in [9.17, 15) is 14.3 Å². The molecule has 2 nitrogen and oxygen atoms in total. The van der Waals surface area contributed by atoms with Crippen molar-refractivity contribution in [2.24, 2.45) is 0 Å². The summed E-state index contributed by atoms with van der Waals surface area (Å²) in [4.78, 5) is 10.9. The molecule has 0 amide bonds. The first-order valence-electron chi connectivity index (χ1n) is 6.27. The molecule has 0 saturated heterocycles. The quantitative estimate of drug-likeness (QED) is 0.846. The Morgan fingerprint density at radius 2 is 1.84 bits per heavy atom. The molecule has 3 heteroatoms. The molecule has 19 heavy (non-hydrogen) atoms. The number of phenols is 1. The first-order valence-corrected chi connectivity index (χ1v) is 6.27. The van der Waals surface area contributed by atoms with Crippen LogP contribution in [0.15, 0.2) is 36.4 Å². The monoisotopic (exact) mass is 256 g/mol. The molecule has 0 unspecified atom stereocenters. The number of aldehydes is 1. The van der Waals surface area contributed by atoms with E-state index in [0.29, 0.717) is 17.0 Å². The van der Waals surface area contributed by atoms with Crippen LogP contribution in [0.4, 0.5) is 4.39 Å². The van der Waals surface area contributed by atoms with Crippen molar-refractivity contribution in [3.8, 4) is 16.9 Å². The second kappa shape index (κ2) is 4.50. The van der Waals surface area contributed by atoms with Crippen LogP contribution in [0.25, 0.3) is 11.1 Å². The van der Waals surface area contributed by atoms with Gasteiger partial charge < -0.3 is 5.11 Å². The molecule has 2 aromatic rings. The summed E-state index contributed by atoms with van der Waals surface area (Å²) in [6.45, 7) is 0. The van der Waals surface area contributed by atoms with Gasteiger partial charge in [0.15, 0.2) is 0 Å². The van der Waals surface area contributed by atoms with Crippen LogP contribution >= 0.6 is 0 Å². The molecule has 0 aromatic heterocycles. The Bertz CT molecular complexity index is 645. The smallest absolute Gasteiger partial charge is 0.150 e. The molecule has 2 aromatic carbocycles. The van der Waals surface area contributed by atoms with Crippen molar-refractivity contribution in [2.75, 3.05) is 0 Å². The van der Waals surface area contributed by atoms with Gasteiger partial charge in [-0.15, -0.1) is 0 Å². The highest BCUT2D eigenvalue weighted by molar-refractivity contribution is 5.81. The minimum atomic E-state index is -0.460. The Labute approximate surface area is 110 Å². The highest BCUT2D eigenvalue weighted by atomic mass is 19.1. The van der Waals surface area contributed by atoms with E-state index in [1.54, 1.807) is 12.1 Å². The number of hydrogen-bond donors (Lipinski definition) is 1. The van der Waals surface area contributed by atoms with Crippen LogP contribution in [-0.2, 0) is 0 Å². The van der Waals surface area contributed by atoms with Crippen molar-refractivity contribution < 1.29 is 14.3 Å². The summed E-state index contributed by atoms with van der Waals surface area (Å²) in [6, 6.07) is 9.43. The third-order valence-corrected chi connectivity index (χ3v) is 3.48. The fraction of sp³-hybridized carbons (Fsp3) is 0.188. The lowest BCUT2D eigenvalue weighted by atomic mass is 9.94. The minimum absolute atomic E-state index is 0.0687. The number of carbonyl (C=O) groups excluding carboxylic acids is 1. The fourth-order valence-electron chi connectivity index (χ4n) is 2.36. The first kappa shape index (κ1) is 11.9. The molecule has 1 aliphatic carbocycles. The van der Waals surface area contributed by atoms with Gasteiger partial charge in [0.2, 0.25) is 0 Å². The molecule has 0 heterocycles. The van der Waals surface area contributed by atoms with Crippen LogP contribution in [0, 0.1) is 5.82 Å². The van der Waals surface area contributed by atoms with E-state index >= 15 is 0 Å². The summed E-state index contributed by atoms with van der Waals surface area (Å²) < 4.78 is 13.0. The third kappa shape index (κ3) is 2.24. The highest BCUT2D eigenvalue weighted by Gasteiger charge is 2.27. The van der Waals surface area contributed by atoms with Crippen molar-refractivity contribution in [1.29, 1.82) is 0 Å². The van der Waals surface area contributed by atoms with Crippen molar-refractivity contribution in [3.63, 3.8) is 0 Å². The second-order valence-electron chi connectivity index (χ2n) is 4.90. The molecular formula is C16H13FO2. The van der Waals surface area contributed by atoms with Gasteiger partial charge in [0.05, 0.1) is 0 Å². The number of carbonyl (C=O) groups is 1. The summed E-state index contributed by atoms with van der Waals surface area (Å²) in [5.41, 5.74) is 3.19. The van der Waals surface area contributed by atoms with E-state index in [2.05, 4.69) is 0 Å². The Hall–Kier alpha value is -2.16. The van der Waals surface area contributed by atoms with Crippen LogP contribution in [0.5, 0.6) is 5.75 Å². The molecule has 1 saturated carbocycles. The first-order chi connectivity index (χ1) is 9.19. The van der Waals surface area contributed by atoms with Crippen molar-refractivity contribution in [3.05, 3.63) is 53.3 Å². The number of halogens is 1. The van der Waals surface area contributed by atoms with Gasteiger partial charge in [-0.05, 0) is 48.1 Å². The second-order valence-corrected chi connectivity index (χ2v) is 4.90. The summed E-state index contributed by atoms with van der Waals surface area (Å²) in [5.74, 6) is -0.0844. The Balaban J connectivity index is 2.15. The van der Waals surface area contributed by atoms with E-state index < -0.39 is 5.82 Å². The SMILES string of the molecule is O=Cc1ccc(-c2ccc(F)cc2O)c(C2CC2)c1. The molecule has 96 valence electrons. The van der Waals surface area contributed by atoms with Gasteiger partial charge >= 0.3 is 0 Å². The predicted molar refractivity (Wildman–Crippen MR) is 70.9 cm³/mol. The number of phenolic OH excluding ortho intramolecular Hbond substituents is 1. The largest absolute Gasteiger partial charge is 0.507 e. The lowest BCUT2D eigenvalue weighted by Crippen LogP contribution is -1.91. The third-order valence-electron chi connectivity index (χ3n) is 3.48. The summed E-state index contributed by atoms with van der Waals surface area (Å²) in [7, 11) is 0. The van der Waals surface area contributed by atoms with Crippen LogP contribution < -0.4 is 0 Å². The molecule has 1 aliphatic rings. The Morgan fingerprint density at radius 3 is 2.47 bits per heavy atom. The lowest BCUT2D eigenvalue weighted by molar-refractivity contribution is 0.112. The molecule has 0 radical (unpaired) electrons. The normalized spacial score (nSPS) is 14.4. The Kier molecular flexibility index (Phi) is 2.82. The Morgan fingerprint density at radius 1 is 1.11 bits per heavy atom. The van der Waals surface area contributed by atoms with Crippen LogP contribution in [0.2, 0.25) is 0 Å². The minimum Gasteiger partial charge on any atom is -0.507 e. The van der Waals surface area contributed by atoms with Crippen LogP contribution in [0.3, 0.4) is 0 Å². The summed E-state index contributed by atoms with van der Waals surface area (Å²) >= 11 is 0. The zero-order valence-corrected chi connectivity index (χ0v) is 10.3. The zero-order chi connectivity index (χ0) is 13.4. The van der Waals surface area contributed by atoms with Crippen LogP contribution in [-0.4, -0.2) is 11.4 Å². The number of benzene rings is 2. The summed E-state index contributed by atoms with van der Waals surface area (Å²) in [5, 5.41) is 9.89. The maximum Gasteiger partial charge on any atom is 0.150 e. The van der Waals surface area contributed by atoms with E-state index in [-0.39, 0.29) is 5.75 Å². The van der Waals surface area contributed by atoms with Gasteiger partial charge in [0, 0.05) is 17.2 Å². The standard InChI is InChI=1S/C16H13FO2/c17-12-4-6-14(16(19)8-12)13-5-1-10(9-18)7-15(13)11-2-3-11/h1,4-9,11,19H,2-3H2. The van der Waals surface area contributed by atoms with Gasteiger partial charge in [-0.25, -0.2) is 4.39 Å². The van der Waals surface area contributed by atoms with Gasteiger partial charge in [-0.3, -0.25) is 4.79 Å². The number of aromatic hydroxyl groups is 1. The molecule has 1 N–H and O–H groups in total. The molecule has 1 fully saturated rings. The molecule has 0 spiro atoms. The van der Waals surface area contributed by atoms with E-state index in [0.717, 1.165) is 36.3 Å². The van der Waals surface area contributed by atoms with Gasteiger partial charge in [0.1, 0.15) is 17.9 Å².